The van der Waals surface area contributed by atoms with Gasteiger partial charge in [0.15, 0.2) is 11.5 Å². The van der Waals surface area contributed by atoms with E-state index in [1.807, 2.05) is 37.3 Å². The Bertz CT molecular complexity index is 1490. The van der Waals surface area contributed by atoms with E-state index in [0.29, 0.717) is 34.5 Å². The molecule has 34 heavy (non-hydrogen) atoms. The first-order valence-electron chi connectivity index (χ1n) is 11.1. The molecule has 0 aliphatic carbocycles. The first-order valence-corrected chi connectivity index (χ1v) is 11.1. The largest absolute Gasteiger partial charge is 0.454 e. The number of carbonyl (C=O) groups is 1. The molecule has 0 spiro atoms. The van der Waals surface area contributed by atoms with E-state index in [1.54, 1.807) is 42.5 Å². The fourth-order valence-corrected chi connectivity index (χ4v) is 4.22. The number of amides is 1. The molecule has 4 aromatic rings. The van der Waals surface area contributed by atoms with Crippen molar-refractivity contribution in [2.24, 2.45) is 0 Å². The summed E-state index contributed by atoms with van der Waals surface area (Å²) in [7, 11) is 0. The molecule has 1 aliphatic rings. The van der Waals surface area contributed by atoms with Gasteiger partial charge in [0.05, 0.1) is 17.4 Å². The number of benzene rings is 3. The lowest BCUT2D eigenvalue weighted by atomic mass is 10.1. The van der Waals surface area contributed by atoms with Gasteiger partial charge >= 0.3 is 5.69 Å². The molecular weight excluding hydrogens is 434 g/mol. The molecule has 1 amide bonds. The highest BCUT2D eigenvalue weighted by atomic mass is 16.7. The molecule has 0 radical (unpaired) electrons. The molecule has 1 aromatic heterocycles. The molecular formula is C26H23N3O5. The van der Waals surface area contributed by atoms with Crippen LogP contribution in [0.5, 0.6) is 11.5 Å². The smallest absolute Gasteiger partial charge is 0.332 e. The average Bonchev–Trinajstić information content (AvgIpc) is 3.33. The van der Waals surface area contributed by atoms with Crippen LogP contribution < -0.4 is 26.0 Å². The topological polar surface area (TPSA) is 91.6 Å². The lowest BCUT2D eigenvalue weighted by Crippen LogP contribution is -2.44. The standard InChI is InChI=1S/C26H23N3O5/c1-2-20(24(30)27-18-12-13-22-23(14-18)34-16-33-22)29-21-11-7-6-10-19(21)25(31)28(26(29)32)15-17-8-4-3-5-9-17/h3-14,20H,2,15-16H2,1H3,(H,27,30). The van der Waals surface area contributed by atoms with Crippen molar-refractivity contribution in [1.82, 2.24) is 9.13 Å². The quantitative estimate of drug-likeness (QED) is 0.478. The van der Waals surface area contributed by atoms with Crippen molar-refractivity contribution < 1.29 is 14.3 Å². The second kappa shape index (κ2) is 8.90. The summed E-state index contributed by atoms with van der Waals surface area (Å²) in [6.07, 6.45) is 0.351. The predicted octanol–water partition coefficient (Wildman–Crippen LogP) is 3.53. The number of fused-ring (bicyclic) bond motifs is 2. The minimum absolute atomic E-state index is 0.115. The van der Waals surface area contributed by atoms with Gasteiger partial charge in [0.25, 0.3) is 5.56 Å². The lowest BCUT2D eigenvalue weighted by Gasteiger charge is -2.21. The highest BCUT2D eigenvalue weighted by molar-refractivity contribution is 5.95. The van der Waals surface area contributed by atoms with Crippen molar-refractivity contribution in [3.8, 4) is 11.5 Å². The molecule has 0 saturated carbocycles. The molecule has 3 aromatic carbocycles. The normalized spacial score (nSPS) is 13.1. The molecule has 2 heterocycles. The van der Waals surface area contributed by atoms with Crippen molar-refractivity contribution in [2.75, 3.05) is 12.1 Å². The Morgan fingerprint density at radius 3 is 2.50 bits per heavy atom. The number of carbonyl (C=O) groups excluding carboxylic acids is 1. The lowest BCUT2D eigenvalue weighted by molar-refractivity contribution is -0.119. The van der Waals surface area contributed by atoms with Crippen molar-refractivity contribution in [2.45, 2.75) is 25.9 Å². The number of aromatic nitrogens is 2. The summed E-state index contributed by atoms with van der Waals surface area (Å²) in [6.45, 7) is 2.08. The van der Waals surface area contributed by atoms with Gasteiger partial charge in [0.2, 0.25) is 12.7 Å². The van der Waals surface area contributed by atoms with Gasteiger partial charge in [-0.2, -0.15) is 0 Å². The third kappa shape index (κ3) is 3.83. The van der Waals surface area contributed by atoms with E-state index in [1.165, 1.54) is 9.13 Å². The van der Waals surface area contributed by atoms with E-state index in [-0.39, 0.29) is 24.8 Å². The van der Waals surface area contributed by atoms with Gasteiger partial charge in [0, 0.05) is 11.8 Å². The summed E-state index contributed by atoms with van der Waals surface area (Å²) in [5.74, 6) is 0.795. The molecule has 1 unspecified atom stereocenters. The van der Waals surface area contributed by atoms with E-state index >= 15 is 0 Å². The van der Waals surface area contributed by atoms with E-state index in [9.17, 15) is 14.4 Å². The Labute approximate surface area is 195 Å². The summed E-state index contributed by atoms with van der Waals surface area (Å²) < 4.78 is 13.3. The molecule has 0 fully saturated rings. The van der Waals surface area contributed by atoms with Crippen LogP contribution in [0.2, 0.25) is 0 Å². The van der Waals surface area contributed by atoms with Crippen LogP contribution >= 0.6 is 0 Å². The van der Waals surface area contributed by atoms with Crippen molar-refractivity contribution in [3.63, 3.8) is 0 Å². The Morgan fingerprint density at radius 1 is 0.971 bits per heavy atom. The van der Waals surface area contributed by atoms with Crippen LogP contribution in [0.1, 0.15) is 24.9 Å². The maximum absolute atomic E-state index is 13.6. The van der Waals surface area contributed by atoms with Crippen molar-refractivity contribution in [3.05, 3.63) is 99.2 Å². The zero-order valence-electron chi connectivity index (χ0n) is 18.6. The van der Waals surface area contributed by atoms with Crippen LogP contribution in [0.3, 0.4) is 0 Å². The summed E-state index contributed by atoms with van der Waals surface area (Å²) in [6, 6.07) is 20.5. The van der Waals surface area contributed by atoms with Gasteiger partial charge < -0.3 is 14.8 Å². The van der Waals surface area contributed by atoms with E-state index < -0.39 is 11.7 Å². The minimum atomic E-state index is -0.828. The Balaban J connectivity index is 1.58. The summed E-state index contributed by atoms with van der Waals surface area (Å²) in [4.78, 5) is 40.2. The number of rotatable bonds is 6. The van der Waals surface area contributed by atoms with Crippen molar-refractivity contribution in [1.29, 1.82) is 0 Å². The molecule has 1 N–H and O–H groups in total. The fraction of sp³-hybridized carbons (Fsp3) is 0.192. The number of hydrogen-bond acceptors (Lipinski definition) is 5. The molecule has 5 rings (SSSR count). The number of nitrogens with zero attached hydrogens (tertiary/aromatic N) is 2. The van der Waals surface area contributed by atoms with E-state index in [2.05, 4.69) is 5.32 Å². The highest BCUT2D eigenvalue weighted by Crippen LogP contribution is 2.34. The predicted molar refractivity (Wildman–Crippen MR) is 129 cm³/mol. The van der Waals surface area contributed by atoms with Gasteiger partial charge in [0.1, 0.15) is 6.04 Å². The van der Waals surface area contributed by atoms with Crippen LogP contribution in [0, 0.1) is 0 Å². The number of nitrogens with one attached hydrogen (secondary N) is 1. The summed E-state index contributed by atoms with van der Waals surface area (Å²) in [5.41, 5.74) is 0.866. The molecule has 0 saturated heterocycles. The van der Waals surface area contributed by atoms with E-state index in [0.717, 1.165) is 5.56 Å². The zero-order valence-corrected chi connectivity index (χ0v) is 18.6. The number of ether oxygens (including phenoxy) is 2. The SMILES string of the molecule is CCC(C(=O)Nc1ccc2c(c1)OCO2)n1c(=O)n(Cc2ccccc2)c(=O)c2ccccc21. The van der Waals surface area contributed by atoms with Crippen molar-refractivity contribution >= 4 is 22.5 Å². The van der Waals surface area contributed by atoms with Crippen LogP contribution in [0.4, 0.5) is 5.69 Å². The molecule has 1 atom stereocenters. The summed E-state index contributed by atoms with van der Waals surface area (Å²) >= 11 is 0. The Hall–Kier alpha value is -4.33. The zero-order chi connectivity index (χ0) is 23.7. The Morgan fingerprint density at radius 2 is 1.71 bits per heavy atom. The number of hydrogen-bond donors (Lipinski definition) is 1. The maximum Gasteiger partial charge on any atom is 0.332 e. The van der Waals surface area contributed by atoms with Gasteiger partial charge in [-0.25, -0.2) is 4.79 Å². The second-order valence-electron chi connectivity index (χ2n) is 8.03. The van der Waals surface area contributed by atoms with Gasteiger partial charge in [-0.1, -0.05) is 49.4 Å². The van der Waals surface area contributed by atoms with Gasteiger partial charge in [-0.15, -0.1) is 0 Å². The fourth-order valence-electron chi connectivity index (χ4n) is 4.22. The van der Waals surface area contributed by atoms with Crippen LogP contribution in [0.15, 0.2) is 82.4 Å². The van der Waals surface area contributed by atoms with E-state index in [4.69, 9.17) is 9.47 Å². The third-order valence-corrected chi connectivity index (χ3v) is 5.90. The minimum Gasteiger partial charge on any atom is -0.454 e. The second-order valence-corrected chi connectivity index (χ2v) is 8.03. The number of para-hydroxylation sites is 1. The monoisotopic (exact) mass is 457 g/mol. The highest BCUT2D eigenvalue weighted by Gasteiger charge is 2.25. The number of anilines is 1. The Kier molecular flexibility index (Phi) is 5.63. The average molecular weight is 457 g/mol. The van der Waals surface area contributed by atoms with Crippen LogP contribution in [0.25, 0.3) is 10.9 Å². The molecule has 0 bridgehead atoms. The van der Waals surface area contributed by atoms with Gasteiger partial charge in [-0.3, -0.25) is 18.7 Å². The maximum atomic E-state index is 13.6. The van der Waals surface area contributed by atoms with Crippen LogP contribution in [-0.4, -0.2) is 21.8 Å². The molecule has 1 aliphatic heterocycles. The third-order valence-electron chi connectivity index (χ3n) is 5.90. The summed E-state index contributed by atoms with van der Waals surface area (Å²) in [5, 5.41) is 3.26. The first kappa shape index (κ1) is 21.5. The first-order chi connectivity index (χ1) is 16.6. The molecule has 172 valence electrons. The van der Waals surface area contributed by atoms with Gasteiger partial charge in [-0.05, 0) is 36.2 Å². The molecule has 8 nitrogen and oxygen atoms in total. The van der Waals surface area contributed by atoms with Crippen LogP contribution in [-0.2, 0) is 11.3 Å². The molecule has 8 heteroatoms.